The summed E-state index contributed by atoms with van der Waals surface area (Å²) in [7, 11) is 0. The first-order chi connectivity index (χ1) is 13.6. The van der Waals surface area contributed by atoms with Crippen molar-refractivity contribution in [2.45, 2.75) is 57.5 Å². The predicted molar refractivity (Wildman–Crippen MR) is 105 cm³/mol. The van der Waals surface area contributed by atoms with Crippen molar-refractivity contribution in [3.05, 3.63) is 29.8 Å². The van der Waals surface area contributed by atoms with Crippen LogP contribution in [0.1, 0.15) is 55.8 Å². The van der Waals surface area contributed by atoms with Crippen LogP contribution in [0.5, 0.6) is 5.75 Å². The van der Waals surface area contributed by atoms with Gasteiger partial charge in [0.1, 0.15) is 5.75 Å². The number of amides is 3. The number of carbonyl (C=O) groups is 3. The van der Waals surface area contributed by atoms with Crippen molar-refractivity contribution < 1.29 is 19.1 Å². The van der Waals surface area contributed by atoms with Crippen LogP contribution < -0.4 is 15.4 Å². The molecular weight excluding hydrogens is 358 g/mol. The molecule has 2 aliphatic heterocycles. The van der Waals surface area contributed by atoms with Gasteiger partial charge in [-0.25, -0.2) is 0 Å². The van der Waals surface area contributed by atoms with Gasteiger partial charge in [0.25, 0.3) is 5.91 Å². The van der Waals surface area contributed by atoms with Crippen LogP contribution in [0.15, 0.2) is 24.3 Å². The lowest BCUT2D eigenvalue weighted by Crippen LogP contribution is -2.58. The molecule has 2 N–H and O–H groups in total. The van der Waals surface area contributed by atoms with Crippen LogP contribution in [0.3, 0.4) is 0 Å². The highest BCUT2D eigenvalue weighted by atomic mass is 16.5. The number of para-hydroxylation sites is 1. The zero-order valence-corrected chi connectivity index (χ0v) is 16.4. The highest BCUT2D eigenvalue weighted by Crippen LogP contribution is 2.25. The number of benzene rings is 1. The lowest BCUT2D eigenvalue weighted by molar-refractivity contribution is -0.136. The fourth-order valence-corrected chi connectivity index (χ4v) is 4.03. The Morgan fingerprint density at radius 1 is 1.18 bits per heavy atom. The number of nitrogens with zero attached hydrogens (tertiary/aromatic N) is 1. The molecule has 0 radical (unpaired) electrons. The molecule has 1 aromatic carbocycles. The molecular formula is C21H29N3O4. The number of carbonyl (C=O) groups excluding carboxylic acids is 3. The average molecular weight is 387 g/mol. The minimum atomic E-state index is -0.217. The van der Waals surface area contributed by atoms with E-state index in [2.05, 4.69) is 10.6 Å². The molecule has 0 spiro atoms. The standard InChI is InChI=1S/C21H29N3O4/c1-15(25)22-14-20(26)24-12-7-9-17-18(24)10-3-2-6-13-28-19-11-5-4-8-16(19)21(27)23-17/h4-5,8,11,17-18H,2-3,6-7,9-10,12-14H2,1H3,(H,22,25)(H,23,27)/t17-,18-/m0/s1. The molecule has 0 unspecified atom stereocenters. The summed E-state index contributed by atoms with van der Waals surface area (Å²) < 4.78 is 5.81. The molecule has 2 atom stereocenters. The minimum absolute atomic E-state index is 0.00315. The van der Waals surface area contributed by atoms with Crippen LogP contribution in [0.25, 0.3) is 0 Å². The van der Waals surface area contributed by atoms with E-state index < -0.39 is 0 Å². The first kappa shape index (κ1) is 20.2. The highest BCUT2D eigenvalue weighted by Gasteiger charge is 2.35. The van der Waals surface area contributed by atoms with Gasteiger partial charge in [-0.3, -0.25) is 14.4 Å². The van der Waals surface area contributed by atoms with Gasteiger partial charge in [-0.05, 0) is 44.2 Å². The SMILES string of the molecule is CC(=O)NCC(=O)N1CCC[C@@H]2NC(=O)c3ccccc3OCCCCC[C@@H]21. The molecule has 3 rings (SSSR count). The second-order valence-corrected chi connectivity index (χ2v) is 7.48. The third-order valence-corrected chi connectivity index (χ3v) is 5.44. The average Bonchev–Trinajstić information content (AvgIpc) is 2.68. The Balaban J connectivity index is 1.79. The number of likely N-dealkylation sites (tertiary alicyclic amines) is 1. The maximum atomic E-state index is 12.9. The van der Waals surface area contributed by atoms with Gasteiger partial charge < -0.3 is 20.3 Å². The third-order valence-electron chi connectivity index (χ3n) is 5.44. The molecule has 1 saturated heterocycles. The largest absolute Gasteiger partial charge is 0.493 e. The minimum Gasteiger partial charge on any atom is -0.493 e. The number of hydrogen-bond acceptors (Lipinski definition) is 4. The smallest absolute Gasteiger partial charge is 0.255 e. The number of nitrogens with one attached hydrogen (secondary N) is 2. The van der Waals surface area contributed by atoms with Gasteiger partial charge in [0.15, 0.2) is 0 Å². The van der Waals surface area contributed by atoms with E-state index in [9.17, 15) is 14.4 Å². The fourth-order valence-electron chi connectivity index (χ4n) is 4.03. The lowest BCUT2D eigenvalue weighted by Gasteiger charge is -2.42. The van der Waals surface area contributed by atoms with Gasteiger partial charge in [-0.2, -0.15) is 0 Å². The van der Waals surface area contributed by atoms with E-state index in [1.165, 1.54) is 6.92 Å². The van der Waals surface area contributed by atoms with Gasteiger partial charge in [0, 0.05) is 19.5 Å². The number of piperidine rings is 1. The summed E-state index contributed by atoms with van der Waals surface area (Å²) in [5.74, 6) is 0.134. The molecule has 7 nitrogen and oxygen atoms in total. The van der Waals surface area contributed by atoms with Crippen LogP contribution in [0.4, 0.5) is 0 Å². The summed E-state index contributed by atoms with van der Waals surface area (Å²) in [5, 5.41) is 5.74. The van der Waals surface area contributed by atoms with Crippen LogP contribution in [0.2, 0.25) is 0 Å². The molecule has 2 aliphatic rings. The number of ether oxygens (including phenoxy) is 1. The third kappa shape index (κ3) is 5.03. The first-order valence-corrected chi connectivity index (χ1v) is 10.1. The summed E-state index contributed by atoms with van der Waals surface area (Å²) in [5.41, 5.74) is 0.531. The van der Waals surface area contributed by atoms with Crippen LogP contribution in [0, 0.1) is 0 Å². The molecule has 0 bridgehead atoms. The van der Waals surface area contributed by atoms with E-state index in [4.69, 9.17) is 4.74 Å². The zero-order chi connectivity index (χ0) is 19.9. The van der Waals surface area contributed by atoms with Crippen molar-refractivity contribution >= 4 is 17.7 Å². The van der Waals surface area contributed by atoms with Crippen LogP contribution in [-0.2, 0) is 9.59 Å². The molecule has 2 heterocycles. The van der Waals surface area contributed by atoms with Gasteiger partial charge >= 0.3 is 0 Å². The summed E-state index contributed by atoms with van der Waals surface area (Å²) in [6, 6.07) is 7.14. The van der Waals surface area contributed by atoms with Gasteiger partial charge in [0.2, 0.25) is 11.8 Å². The number of fused-ring (bicyclic) bond motifs is 2. The molecule has 0 aromatic heterocycles. The maximum absolute atomic E-state index is 12.9. The maximum Gasteiger partial charge on any atom is 0.255 e. The monoisotopic (exact) mass is 387 g/mol. The van der Waals surface area contributed by atoms with Gasteiger partial charge in [-0.1, -0.05) is 18.6 Å². The van der Waals surface area contributed by atoms with Crippen molar-refractivity contribution in [1.82, 2.24) is 15.5 Å². The Hall–Kier alpha value is -2.57. The van der Waals surface area contributed by atoms with E-state index in [-0.39, 0.29) is 36.3 Å². The Kier molecular flexibility index (Phi) is 6.90. The van der Waals surface area contributed by atoms with Crippen molar-refractivity contribution in [2.75, 3.05) is 19.7 Å². The molecule has 152 valence electrons. The Morgan fingerprint density at radius 3 is 2.82 bits per heavy atom. The van der Waals surface area contributed by atoms with Crippen molar-refractivity contribution in [3.63, 3.8) is 0 Å². The van der Waals surface area contributed by atoms with Crippen LogP contribution in [-0.4, -0.2) is 54.4 Å². The normalized spacial score (nSPS) is 23.0. The lowest BCUT2D eigenvalue weighted by atomic mass is 9.91. The van der Waals surface area contributed by atoms with E-state index in [1.807, 2.05) is 23.1 Å². The highest BCUT2D eigenvalue weighted by molar-refractivity contribution is 5.97. The second-order valence-electron chi connectivity index (χ2n) is 7.48. The fraction of sp³-hybridized carbons (Fsp3) is 0.571. The van der Waals surface area contributed by atoms with Crippen molar-refractivity contribution in [2.24, 2.45) is 0 Å². The Labute approximate surface area is 165 Å². The van der Waals surface area contributed by atoms with E-state index in [0.29, 0.717) is 24.5 Å². The second kappa shape index (κ2) is 9.57. The summed E-state index contributed by atoms with van der Waals surface area (Å²) in [6.45, 7) is 2.64. The summed E-state index contributed by atoms with van der Waals surface area (Å²) in [6.07, 6.45) is 5.37. The van der Waals surface area contributed by atoms with Crippen LogP contribution >= 0.6 is 0 Å². The molecule has 0 saturated carbocycles. The van der Waals surface area contributed by atoms with Gasteiger partial charge in [0.05, 0.1) is 24.8 Å². The van der Waals surface area contributed by atoms with E-state index >= 15 is 0 Å². The molecule has 28 heavy (non-hydrogen) atoms. The molecule has 0 aliphatic carbocycles. The zero-order valence-electron chi connectivity index (χ0n) is 16.4. The number of rotatable bonds is 2. The topological polar surface area (TPSA) is 87.7 Å². The quantitative estimate of drug-likeness (QED) is 0.811. The molecule has 1 fully saturated rings. The Morgan fingerprint density at radius 2 is 2.00 bits per heavy atom. The number of hydrogen-bond donors (Lipinski definition) is 2. The molecule has 7 heteroatoms. The van der Waals surface area contributed by atoms with E-state index in [1.54, 1.807) is 6.07 Å². The summed E-state index contributed by atoms with van der Waals surface area (Å²) >= 11 is 0. The molecule has 3 amide bonds. The Bertz CT molecular complexity index is 721. The summed E-state index contributed by atoms with van der Waals surface area (Å²) in [4.78, 5) is 38.6. The predicted octanol–water partition coefficient (Wildman–Crippen LogP) is 1.86. The molecule has 1 aromatic rings. The van der Waals surface area contributed by atoms with Gasteiger partial charge in [-0.15, -0.1) is 0 Å². The first-order valence-electron chi connectivity index (χ1n) is 10.1. The van der Waals surface area contributed by atoms with Crippen molar-refractivity contribution in [1.29, 1.82) is 0 Å². The van der Waals surface area contributed by atoms with E-state index in [0.717, 1.165) is 38.5 Å². The van der Waals surface area contributed by atoms with Crippen molar-refractivity contribution in [3.8, 4) is 5.75 Å².